The molecule has 0 aliphatic heterocycles. The predicted octanol–water partition coefficient (Wildman–Crippen LogP) is 0.711. The van der Waals surface area contributed by atoms with Crippen molar-refractivity contribution in [3.05, 3.63) is 0 Å². The van der Waals surface area contributed by atoms with Gasteiger partial charge in [-0.05, 0) is 13.8 Å². The summed E-state index contributed by atoms with van der Waals surface area (Å²) in [4.78, 5) is 11.9. The first kappa shape index (κ1) is 10.5. The van der Waals surface area contributed by atoms with Gasteiger partial charge in [-0.3, -0.25) is 0 Å². The Labute approximate surface area is 82.7 Å². The zero-order valence-electron chi connectivity index (χ0n) is 8.57. The van der Waals surface area contributed by atoms with Gasteiger partial charge in [-0.1, -0.05) is 0 Å². The molecule has 0 amide bonds. The van der Waals surface area contributed by atoms with Crippen LogP contribution < -0.4 is 14.8 Å². The first-order valence-electron chi connectivity index (χ1n) is 4.46. The van der Waals surface area contributed by atoms with Crippen molar-refractivity contribution in [3.63, 3.8) is 0 Å². The van der Waals surface area contributed by atoms with Crippen molar-refractivity contribution >= 4 is 5.95 Å². The molecule has 0 aliphatic rings. The molecular weight excluding hydrogens is 184 g/mol. The lowest BCUT2D eigenvalue weighted by molar-refractivity contribution is 0.298. The van der Waals surface area contributed by atoms with Gasteiger partial charge in [-0.15, -0.1) is 4.98 Å². The van der Waals surface area contributed by atoms with E-state index in [1.165, 1.54) is 7.11 Å². The Morgan fingerprint density at radius 3 is 2.43 bits per heavy atom. The van der Waals surface area contributed by atoms with Crippen LogP contribution in [0.4, 0.5) is 5.95 Å². The predicted molar refractivity (Wildman–Crippen MR) is 51.7 cm³/mol. The highest BCUT2D eigenvalue weighted by Gasteiger charge is 2.05. The molecule has 0 radical (unpaired) electrons. The van der Waals surface area contributed by atoms with Crippen LogP contribution in [0.25, 0.3) is 0 Å². The molecule has 0 spiro atoms. The molecule has 78 valence electrons. The second kappa shape index (κ2) is 5.21. The van der Waals surface area contributed by atoms with Gasteiger partial charge >= 0.3 is 12.0 Å². The zero-order valence-corrected chi connectivity index (χ0v) is 8.57. The summed E-state index contributed by atoms with van der Waals surface area (Å²) in [5.41, 5.74) is 0. The van der Waals surface area contributed by atoms with E-state index < -0.39 is 0 Å². The molecule has 1 rings (SSSR count). The summed E-state index contributed by atoms with van der Waals surface area (Å²) < 4.78 is 10.1. The Bertz CT molecular complexity index is 268. The summed E-state index contributed by atoms with van der Waals surface area (Å²) in [5, 5.41) is 2.96. The Balaban J connectivity index is 2.88. The quantitative estimate of drug-likeness (QED) is 0.751. The average molecular weight is 198 g/mol. The maximum Gasteiger partial charge on any atom is 0.324 e. The number of anilines is 1. The summed E-state index contributed by atoms with van der Waals surface area (Å²) in [6, 6.07) is 0.523. The van der Waals surface area contributed by atoms with Crippen molar-refractivity contribution in [1.29, 1.82) is 0 Å². The fraction of sp³-hybridized carbons (Fsp3) is 0.625. The minimum atomic E-state index is 0.249. The molecule has 0 aromatic carbocycles. The van der Waals surface area contributed by atoms with Crippen molar-refractivity contribution < 1.29 is 9.47 Å². The van der Waals surface area contributed by atoms with E-state index in [2.05, 4.69) is 20.3 Å². The number of hydrogen-bond donors (Lipinski definition) is 1. The van der Waals surface area contributed by atoms with Crippen molar-refractivity contribution in [2.24, 2.45) is 0 Å². The summed E-state index contributed by atoms with van der Waals surface area (Å²) >= 11 is 0. The van der Waals surface area contributed by atoms with Crippen molar-refractivity contribution in [1.82, 2.24) is 15.0 Å². The molecule has 0 bridgehead atoms. The summed E-state index contributed by atoms with van der Waals surface area (Å²) in [7, 11) is 1.50. The summed E-state index contributed by atoms with van der Waals surface area (Å²) in [6.45, 7) is 5.07. The van der Waals surface area contributed by atoms with Crippen LogP contribution in [0.3, 0.4) is 0 Å². The van der Waals surface area contributed by atoms with E-state index in [0.717, 1.165) is 6.54 Å². The molecule has 1 aromatic heterocycles. The van der Waals surface area contributed by atoms with Crippen molar-refractivity contribution in [3.8, 4) is 12.0 Å². The standard InChI is InChI=1S/C8H14N4O2/c1-4-9-6-10-7(13-3)12-8(11-6)14-5-2/h4-5H2,1-3H3,(H,9,10,11,12). The maximum absolute atomic E-state index is 5.15. The summed E-state index contributed by atoms with van der Waals surface area (Å²) in [5.74, 6) is 0.461. The third-order valence-corrected chi connectivity index (χ3v) is 1.39. The highest BCUT2D eigenvalue weighted by molar-refractivity contribution is 5.26. The number of nitrogens with one attached hydrogen (secondary N) is 1. The molecule has 1 aromatic rings. The van der Waals surface area contributed by atoms with Crippen LogP contribution in [0.15, 0.2) is 0 Å². The fourth-order valence-corrected chi connectivity index (χ4v) is 0.860. The van der Waals surface area contributed by atoms with E-state index >= 15 is 0 Å². The number of methoxy groups -OCH3 is 1. The smallest absolute Gasteiger partial charge is 0.324 e. The lowest BCUT2D eigenvalue weighted by Gasteiger charge is -2.06. The second-order valence-electron chi connectivity index (χ2n) is 2.39. The molecule has 0 aliphatic carbocycles. The minimum Gasteiger partial charge on any atom is -0.467 e. The van der Waals surface area contributed by atoms with Gasteiger partial charge in [0, 0.05) is 6.54 Å². The molecule has 0 fully saturated rings. The van der Waals surface area contributed by atoms with Crippen LogP contribution in [0.1, 0.15) is 13.8 Å². The minimum absolute atomic E-state index is 0.249. The molecule has 0 atom stereocenters. The molecule has 0 saturated carbocycles. The van der Waals surface area contributed by atoms with E-state index in [9.17, 15) is 0 Å². The van der Waals surface area contributed by atoms with Crippen LogP contribution in [-0.2, 0) is 0 Å². The topological polar surface area (TPSA) is 69.2 Å². The molecule has 6 heteroatoms. The number of rotatable bonds is 5. The normalized spacial score (nSPS) is 9.64. The lowest BCUT2D eigenvalue weighted by atomic mass is 10.7. The maximum atomic E-state index is 5.15. The second-order valence-corrected chi connectivity index (χ2v) is 2.39. The van der Waals surface area contributed by atoms with Gasteiger partial charge in [-0.2, -0.15) is 9.97 Å². The first-order chi connectivity index (χ1) is 6.80. The van der Waals surface area contributed by atoms with E-state index in [-0.39, 0.29) is 12.0 Å². The third kappa shape index (κ3) is 2.72. The van der Waals surface area contributed by atoms with Gasteiger partial charge in [0.2, 0.25) is 5.95 Å². The molecule has 1 N–H and O–H groups in total. The first-order valence-corrected chi connectivity index (χ1v) is 4.46. The Kier molecular flexibility index (Phi) is 3.90. The van der Waals surface area contributed by atoms with Gasteiger partial charge < -0.3 is 14.8 Å². The molecule has 0 unspecified atom stereocenters. The molecule has 6 nitrogen and oxygen atoms in total. The van der Waals surface area contributed by atoms with Gasteiger partial charge in [-0.25, -0.2) is 0 Å². The van der Waals surface area contributed by atoms with Crippen LogP contribution in [0.2, 0.25) is 0 Å². The van der Waals surface area contributed by atoms with E-state index in [4.69, 9.17) is 9.47 Å². The Hall–Kier alpha value is -1.59. The van der Waals surface area contributed by atoms with Crippen LogP contribution in [0, 0.1) is 0 Å². The SMILES string of the molecule is CCNc1nc(OC)nc(OCC)n1. The monoisotopic (exact) mass is 198 g/mol. The zero-order chi connectivity index (χ0) is 10.4. The molecule has 1 heterocycles. The third-order valence-electron chi connectivity index (χ3n) is 1.39. The van der Waals surface area contributed by atoms with E-state index in [1.54, 1.807) is 0 Å². The van der Waals surface area contributed by atoms with Gasteiger partial charge in [0.05, 0.1) is 13.7 Å². The van der Waals surface area contributed by atoms with E-state index in [0.29, 0.717) is 12.6 Å². The summed E-state index contributed by atoms with van der Waals surface area (Å²) in [6.07, 6.45) is 0. The Morgan fingerprint density at radius 1 is 1.14 bits per heavy atom. The molecule has 14 heavy (non-hydrogen) atoms. The van der Waals surface area contributed by atoms with Crippen molar-refractivity contribution in [2.45, 2.75) is 13.8 Å². The van der Waals surface area contributed by atoms with Crippen molar-refractivity contribution in [2.75, 3.05) is 25.6 Å². The molecule has 0 saturated heterocycles. The largest absolute Gasteiger partial charge is 0.467 e. The van der Waals surface area contributed by atoms with Crippen LogP contribution in [0.5, 0.6) is 12.0 Å². The average Bonchev–Trinajstić information content (AvgIpc) is 2.18. The van der Waals surface area contributed by atoms with Crippen LogP contribution in [-0.4, -0.2) is 35.2 Å². The highest BCUT2D eigenvalue weighted by atomic mass is 16.5. The number of aromatic nitrogens is 3. The van der Waals surface area contributed by atoms with Crippen LogP contribution >= 0.6 is 0 Å². The fourth-order valence-electron chi connectivity index (χ4n) is 0.860. The molecular formula is C8H14N4O2. The van der Waals surface area contributed by atoms with Gasteiger partial charge in [0.15, 0.2) is 0 Å². The van der Waals surface area contributed by atoms with Gasteiger partial charge in [0.1, 0.15) is 0 Å². The van der Waals surface area contributed by atoms with Gasteiger partial charge in [0.25, 0.3) is 0 Å². The number of ether oxygens (including phenoxy) is 2. The highest BCUT2D eigenvalue weighted by Crippen LogP contribution is 2.11. The number of hydrogen-bond acceptors (Lipinski definition) is 6. The number of nitrogens with zero attached hydrogens (tertiary/aromatic N) is 3. The van der Waals surface area contributed by atoms with E-state index in [1.807, 2.05) is 13.8 Å². The Morgan fingerprint density at radius 2 is 1.86 bits per heavy atom. The lowest BCUT2D eigenvalue weighted by Crippen LogP contribution is -2.07.